The summed E-state index contributed by atoms with van der Waals surface area (Å²) in [6.07, 6.45) is 8.14. The van der Waals surface area contributed by atoms with Crippen LogP contribution in [0.3, 0.4) is 0 Å². The van der Waals surface area contributed by atoms with Gasteiger partial charge < -0.3 is 25.5 Å². The molecule has 15 heteroatoms. The molecule has 4 rings (SSSR count). The van der Waals surface area contributed by atoms with Crippen LogP contribution in [0.4, 0.5) is 5.69 Å². The summed E-state index contributed by atoms with van der Waals surface area (Å²) in [4.78, 5) is 71.2. The maximum Gasteiger partial charge on any atom is 0.330 e. The van der Waals surface area contributed by atoms with E-state index in [1.54, 1.807) is 0 Å². The van der Waals surface area contributed by atoms with Crippen LogP contribution in [0, 0.1) is 20.8 Å². The summed E-state index contributed by atoms with van der Waals surface area (Å²) in [5, 5.41) is 18.9. The summed E-state index contributed by atoms with van der Waals surface area (Å²) in [5.74, 6) is -0.364. The van der Waals surface area contributed by atoms with Crippen molar-refractivity contribution in [2.75, 3.05) is 18.5 Å². The molecule has 1 fully saturated rings. The lowest BCUT2D eigenvalue weighted by molar-refractivity contribution is -0.121. The molecule has 1 saturated heterocycles. The Morgan fingerprint density at radius 3 is 2.30 bits per heavy atom. The first-order valence-electron chi connectivity index (χ1n) is 19.0. The van der Waals surface area contributed by atoms with Gasteiger partial charge in [0.15, 0.2) is 0 Å². The molecule has 2 amide bonds. The average molecular weight is 747 g/mol. The number of rotatable bonds is 20. The van der Waals surface area contributed by atoms with Crippen molar-refractivity contribution < 1.29 is 19.4 Å². The van der Waals surface area contributed by atoms with Crippen LogP contribution in [-0.2, 0) is 33.6 Å². The highest BCUT2D eigenvalue weighted by Crippen LogP contribution is 2.30. The van der Waals surface area contributed by atoms with Gasteiger partial charge in [-0.05, 0) is 68.7 Å². The maximum atomic E-state index is 13.0. The van der Waals surface area contributed by atoms with Crippen LogP contribution < -0.4 is 27.4 Å². The molecule has 0 spiro atoms. The fourth-order valence-corrected chi connectivity index (χ4v) is 7.22. The Bertz CT molecular complexity index is 1980. The fraction of sp³-hybridized carbons (Fsp3) is 0.564. The van der Waals surface area contributed by atoms with Crippen molar-refractivity contribution in [3.63, 3.8) is 0 Å². The molecule has 0 unspecified atom stereocenters. The van der Waals surface area contributed by atoms with Crippen molar-refractivity contribution in [2.24, 2.45) is 5.11 Å². The molecule has 15 nitrogen and oxygen atoms in total. The number of nitrogens with one attached hydrogen (secondary N) is 4. The number of carbonyl (C=O) groups excluding carboxylic acids is 2. The number of aliphatic hydroxyl groups is 1. The Morgan fingerprint density at radius 2 is 1.63 bits per heavy atom. The Morgan fingerprint density at radius 1 is 0.944 bits per heavy atom. The van der Waals surface area contributed by atoms with E-state index in [1.807, 2.05) is 6.92 Å². The number of anilines is 1. The van der Waals surface area contributed by atoms with Crippen LogP contribution in [0.15, 0.2) is 43.9 Å². The number of azide groups is 1. The molecule has 3 aromatic rings. The molecule has 0 bridgehead atoms. The molecule has 1 aliphatic heterocycles. The molecule has 1 aromatic carbocycles. The number of aromatic amines is 2. The minimum Gasteiger partial charge on any atom is -0.394 e. The zero-order valence-corrected chi connectivity index (χ0v) is 31.8. The largest absolute Gasteiger partial charge is 0.394 e. The number of aliphatic hydroxyl groups excluding tert-OH is 1. The van der Waals surface area contributed by atoms with Gasteiger partial charge in [-0.3, -0.25) is 28.7 Å². The van der Waals surface area contributed by atoms with Gasteiger partial charge in [0.1, 0.15) is 11.9 Å². The van der Waals surface area contributed by atoms with E-state index in [0.717, 1.165) is 84.9 Å². The lowest BCUT2D eigenvalue weighted by Crippen LogP contribution is -2.35. The minimum absolute atomic E-state index is 0.0623. The number of hydrogen-bond acceptors (Lipinski definition) is 8. The van der Waals surface area contributed by atoms with Gasteiger partial charge in [-0.1, -0.05) is 73.5 Å². The Balaban J connectivity index is 1.12. The van der Waals surface area contributed by atoms with Gasteiger partial charge in [0, 0.05) is 54.6 Å². The summed E-state index contributed by atoms with van der Waals surface area (Å²) < 4.78 is 6.86. The smallest absolute Gasteiger partial charge is 0.330 e. The number of benzene rings is 1. The van der Waals surface area contributed by atoms with Crippen LogP contribution in [-0.4, -0.2) is 56.8 Å². The third-order valence-electron chi connectivity index (χ3n) is 9.89. The van der Waals surface area contributed by atoms with E-state index >= 15 is 0 Å². The highest BCUT2D eigenvalue weighted by Gasteiger charge is 2.36. The van der Waals surface area contributed by atoms with Gasteiger partial charge in [0.25, 0.3) is 11.1 Å². The number of aromatic nitrogens is 3. The highest BCUT2D eigenvalue weighted by atomic mass is 16.5. The molecule has 54 heavy (non-hydrogen) atoms. The van der Waals surface area contributed by atoms with Crippen molar-refractivity contribution in [1.29, 1.82) is 0 Å². The molecule has 0 saturated carbocycles. The van der Waals surface area contributed by atoms with Gasteiger partial charge in [0.05, 0.1) is 18.8 Å². The SMILES string of the molecule is CCc1c(C)[nH]c(=O)c(NC(=O)CCCCCCCCCNC(=O)CCc2cn([C@H]3C[C@H](N=[N+]=[N-])[C@@H](CO)O3)c(=O)[nH]c2=O)c1Cc1cc(C)cc(C)c1. The first-order valence-corrected chi connectivity index (χ1v) is 19.0. The summed E-state index contributed by atoms with van der Waals surface area (Å²) in [5.41, 5.74) is 14.0. The van der Waals surface area contributed by atoms with Gasteiger partial charge in [0.2, 0.25) is 11.8 Å². The van der Waals surface area contributed by atoms with Gasteiger partial charge in [-0.2, -0.15) is 0 Å². The molecular weight excluding hydrogens is 692 g/mol. The molecule has 292 valence electrons. The van der Waals surface area contributed by atoms with E-state index in [4.69, 9.17) is 10.3 Å². The fourth-order valence-electron chi connectivity index (χ4n) is 7.22. The zero-order chi connectivity index (χ0) is 39.2. The molecule has 5 N–H and O–H groups in total. The summed E-state index contributed by atoms with van der Waals surface area (Å²) in [7, 11) is 0. The predicted molar refractivity (Wildman–Crippen MR) is 207 cm³/mol. The third kappa shape index (κ3) is 11.8. The highest BCUT2D eigenvalue weighted by molar-refractivity contribution is 5.91. The van der Waals surface area contributed by atoms with E-state index in [0.29, 0.717) is 25.1 Å². The molecule has 3 atom stereocenters. The number of unbranched alkanes of at least 4 members (excludes halogenated alkanes) is 6. The Labute approximate surface area is 314 Å². The summed E-state index contributed by atoms with van der Waals surface area (Å²) in [6.45, 7) is 8.20. The zero-order valence-electron chi connectivity index (χ0n) is 31.8. The van der Waals surface area contributed by atoms with Crippen molar-refractivity contribution in [1.82, 2.24) is 19.9 Å². The summed E-state index contributed by atoms with van der Waals surface area (Å²) in [6, 6.07) is 5.71. The van der Waals surface area contributed by atoms with Crippen LogP contribution in [0.5, 0.6) is 0 Å². The van der Waals surface area contributed by atoms with E-state index < -0.39 is 29.6 Å². The number of aryl methyl sites for hydroxylation is 4. The number of amides is 2. The van der Waals surface area contributed by atoms with Crippen molar-refractivity contribution in [3.05, 3.63) is 105 Å². The Hall–Kier alpha value is -4.98. The monoisotopic (exact) mass is 746 g/mol. The number of pyridine rings is 1. The lowest BCUT2D eigenvalue weighted by atomic mass is 9.94. The second kappa shape index (κ2) is 20.5. The van der Waals surface area contributed by atoms with E-state index in [-0.39, 0.29) is 48.8 Å². The van der Waals surface area contributed by atoms with Crippen molar-refractivity contribution in [2.45, 2.75) is 130 Å². The van der Waals surface area contributed by atoms with Crippen LogP contribution in [0.25, 0.3) is 10.4 Å². The van der Waals surface area contributed by atoms with Crippen molar-refractivity contribution in [3.8, 4) is 0 Å². The lowest BCUT2D eigenvalue weighted by Gasteiger charge is -2.17. The molecular formula is C39H54N8O7. The average Bonchev–Trinajstić information content (AvgIpc) is 3.52. The van der Waals surface area contributed by atoms with Gasteiger partial charge in [-0.25, -0.2) is 4.79 Å². The van der Waals surface area contributed by atoms with E-state index in [1.165, 1.54) is 10.8 Å². The normalized spacial score (nSPS) is 16.6. The number of carbonyl (C=O) groups is 2. The van der Waals surface area contributed by atoms with Gasteiger partial charge >= 0.3 is 5.69 Å². The van der Waals surface area contributed by atoms with Crippen LogP contribution >= 0.6 is 0 Å². The standard InChI is InChI=1S/C39H54N8O7/c1-5-29-26(4)42-38(52)36(30(29)20-27-18-24(2)17-25(3)19-27)43-34(50)13-11-9-7-6-8-10-12-16-41-33(49)15-14-28-22-47(39(53)44-37(28)51)35-21-31(45-46-40)32(23-48)54-35/h17-19,22,31-32,35,48H,5-16,20-21,23H2,1-4H3,(H,41,49)(H,42,52)(H,43,50)(H,44,51,53)/t31-,32+,35+/m0/s1. The van der Waals surface area contributed by atoms with E-state index in [9.17, 15) is 29.1 Å². The minimum atomic E-state index is -0.827. The number of nitrogens with zero attached hydrogens (tertiary/aromatic N) is 4. The molecule has 0 aliphatic carbocycles. The molecule has 0 radical (unpaired) electrons. The predicted octanol–water partition coefficient (Wildman–Crippen LogP) is 5.07. The second-order valence-corrected chi connectivity index (χ2v) is 14.2. The number of hydrogen-bond donors (Lipinski definition) is 5. The second-order valence-electron chi connectivity index (χ2n) is 14.2. The molecule has 1 aliphatic rings. The van der Waals surface area contributed by atoms with E-state index in [2.05, 4.69) is 69.6 Å². The number of ether oxygens (including phenoxy) is 1. The molecule has 3 heterocycles. The summed E-state index contributed by atoms with van der Waals surface area (Å²) >= 11 is 0. The Kier molecular flexibility index (Phi) is 15.8. The van der Waals surface area contributed by atoms with Crippen LogP contribution in [0.1, 0.15) is 116 Å². The topological polar surface area (TPSA) is 224 Å². The number of H-pyrrole nitrogens is 2. The maximum absolute atomic E-state index is 13.0. The van der Waals surface area contributed by atoms with Gasteiger partial charge in [-0.15, -0.1) is 0 Å². The van der Waals surface area contributed by atoms with Crippen molar-refractivity contribution >= 4 is 17.5 Å². The molecule has 2 aromatic heterocycles. The van der Waals surface area contributed by atoms with Crippen LogP contribution in [0.2, 0.25) is 0 Å². The first-order chi connectivity index (χ1) is 25.9. The first kappa shape index (κ1) is 41.8. The third-order valence-corrected chi connectivity index (χ3v) is 9.89. The quantitative estimate of drug-likeness (QED) is 0.0456.